The van der Waals surface area contributed by atoms with Crippen molar-refractivity contribution < 1.29 is 8.78 Å². The molecular formula is C9H6BrF2N3. The van der Waals surface area contributed by atoms with Crippen molar-refractivity contribution in [2.75, 3.05) is 5.73 Å². The first-order chi connectivity index (χ1) is 7.09. The van der Waals surface area contributed by atoms with Crippen molar-refractivity contribution in [3.05, 3.63) is 34.4 Å². The molecule has 1 heterocycles. The van der Waals surface area contributed by atoms with Gasteiger partial charge in [0.1, 0.15) is 11.6 Å². The lowest BCUT2D eigenvalue weighted by molar-refractivity contribution is 0.587. The fourth-order valence-electron chi connectivity index (χ4n) is 1.28. The van der Waals surface area contributed by atoms with Crippen LogP contribution in [-0.2, 0) is 0 Å². The largest absolute Gasteiger partial charge is 0.396 e. The van der Waals surface area contributed by atoms with Crippen LogP contribution in [-0.4, -0.2) is 10.2 Å². The SMILES string of the molecule is Nc1cn[nH]c1-c1c(F)cc(Br)cc1F. The van der Waals surface area contributed by atoms with Gasteiger partial charge in [0, 0.05) is 4.47 Å². The molecular weight excluding hydrogens is 268 g/mol. The molecule has 0 aliphatic carbocycles. The smallest absolute Gasteiger partial charge is 0.136 e. The maximum Gasteiger partial charge on any atom is 0.136 e. The quantitative estimate of drug-likeness (QED) is 0.840. The summed E-state index contributed by atoms with van der Waals surface area (Å²) >= 11 is 2.99. The molecule has 6 heteroatoms. The van der Waals surface area contributed by atoms with Gasteiger partial charge in [-0.25, -0.2) is 8.78 Å². The molecule has 2 rings (SSSR count). The van der Waals surface area contributed by atoms with Gasteiger partial charge in [0.05, 0.1) is 23.1 Å². The Labute approximate surface area is 92.4 Å². The van der Waals surface area contributed by atoms with Crippen LogP contribution in [0.15, 0.2) is 22.8 Å². The minimum absolute atomic E-state index is 0.150. The van der Waals surface area contributed by atoms with Gasteiger partial charge in [-0.1, -0.05) is 15.9 Å². The molecule has 0 aliphatic rings. The number of nitrogens with zero attached hydrogens (tertiary/aromatic N) is 1. The number of nitrogen functional groups attached to an aromatic ring is 1. The molecule has 3 N–H and O–H groups in total. The number of anilines is 1. The van der Waals surface area contributed by atoms with Crippen molar-refractivity contribution in [2.45, 2.75) is 0 Å². The summed E-state index contributed by atoms with van der Waals surface area (Å²) in [6.45, 7) is 0. The van der Waals surface area contributed by atoms with Crippen LogP contribution in [0, 0.1) is 11.6 Å². The monoisotopic (exact) mass is 273 g/mol. The maximum atomic E-state index is 13.5. The second-order valence-corrected chi connectivity index (χ2v) is 3.86. The van der Waals surface area contributed by atoms with E-state index in [1.165, 1.54) is 18.3 Å². The van der Waals surface area contributed by atoms with E-state index in [9.17, 15) is 8.78 Å². The van der Waals surface area contributed by atoms with E-state index in [-0.39, 0.29) is 16.9 Å². The summed E-state index contributed by atoms with van der Waals surface area (Å²) in [6.07, 6.45) is 1.30. The number of aromatic nitrogens is 2. The van der Waals surface area contributed by atoms with Gasteiger partial charge in [-0.2, -0.15) is 5.10 Å². The van der Waals surface area contributed by atoms with Crippen LogP contribution >= 0.6 is 15.9 Å². The molecule has 0 fully saturated rings. The van der Waals surface area contributed by atoms with Crippen molar-refractivity contribution in [3.63, 3.8) is 0 Å². The zero-order chi connectivity index (χ0) is 11.0. The summed E-state index contributed by atoms with van der Waals surface area (Å²) < 4.78 is 27.3. The fourth-order valence-corrected chi connectivity index (χ4v) is 1.68. The van der Waals surface area contributed by atoms with Crippen LogP contribution in [0.5, 0.6) is 0 Å². The average Bonchev–Trinajstić information content (AvgIpc) is 2.50. The van der Waals surface area contributed by atoms with Crippen molar-refractivity contribution in [1.29, 1.82) is 0 Å². The van der Waals surface area contributed by atoms with E-state index in [2.05, 4.69) is 26.1 Å². The van der Waals surface area contributed by atoms with Gasteiger partial charge in [0.2, 0.25) is 0 Å². The summed E-state index contributed by atoms with van der Waals surface area (Å²) in [5.74, 6) is -1.39. The predicted molar refractivity (Wildman–Crippen MR) is 56.1 cm³/mol. The van der Waals surface area contributed by atoms with Crippen molar-refractivity contribution >= 4 is 21.6 Å². The molecule has 3 nitrogen and oxygen atoms in total. The molecule has 0 saturated carbocycles. The topological polar surface area (TPSA) is 54.7 Å². The zero-order valence-corrected chi connectivity index (χ0v) is 8.98. The number of aromatic amines is 1. The molecule has 0 aliphatic heterocycles. The number of halogens is 3. The number of H-pyrrole nitrogens is 1. The second kappa shape index (κ2) is 3.62. The van der Waals surface area contributed by atoms with Crippen molar-refractivity contribution in [3.8, 4) is 11.3 Å². The summed E-state index contributed by atoms with van der Waals surface area (Å²) in [5.41, 5.74) is 5.66. The van der Waals surface area contributed by atoms with Gasteiger partial charge in [-0.15, -0.1) is 0 Å². The third kappa shape index (κ3) is 1.72. The Bertz CT molecular complexity index is 487. The zero-order valence-electron chi connectivity index (χ0n) is 7.39. The lowest BCUT2D eigenvalue weighted by atomic mass is 10.1. The van der Waals surface area contributed by atoms with Crippen LogP contribution in [0.25, 0.3) is 11.3 Å². The van der Waals surface area contributed by atoms with Crippen LogP contribution in [0.2, 0.25) is 0 Å². The summed E-state index contributed by atoms with van der Waals surface area (Å²) in [4.78, 5) is 0. The molecule has 15 heavy (non-hydrogen) atoms. The lowest BCUT2D eigenvalue weighted by Gasteiger charge is -2.04. The third-order valence-corrected chi connectivity index (χ3v) is 2.38. The Balaban J connectivity index is 2.68. The Morgan fingerprint density at radius 3 is 2.33 bits per heavy atom. The number of rotatable bonds is 1. The maximum absolute atomic E-state index is 13.5. The molecule has 78 valence electrons. The van der Waals surface area contributed by atoms with E-state index >= 15 is 0 Å². The molecule has 0 radical (unpaired) electrons. The minimum Gasteiger partial charge on any atom is -0.396 e. The highest BCUT2D eigenvalue weighted by Gasteiger charge is 2.16. The first-order valence-corrected chi connectivity index (χ1v) is 4.82. The minimum atomic E-state index is -0.696. The van der Waals surface area contributed by atoms with Crippen LogP contribution in [0.1, 0.15) is 0 Å². The van der Waals surface area contributed by atoms with Gasteiger partial charge < -0.3 is 5.73 Å². The molecule has 1 aromatic carbocycles. The number of hydrogen-bond acceptors (Lipinski definition) is 2. The standard InChI is InChI=1S/C9H6BrF2N3/c10-4-1-5(11)8(6(12)2-4)9-7(13)3-14-15-9/h1-3H,13H2,(H,14,15). The normalized spacial score (nSPS) is 10.6. The van der Waals surface area contributed by atoms with Crippen LogP contribution in [0.4, 0.5) is 14.5 Å². The molecule has 2 aromatic rings. The Morgan fingerprint density at radius 1 is 1.27 bits per heavy atom. The first kappa shape index (κ1) is 10.1. The molecule has 0 amide bonds. The highest BCUT2D eigenvalue weighted by molar-refractivity contribution is 9.10. The molecule has 0 atom stereocenters. The van der Waals surface area contributed by atoms with E-state index in [0.29, 0.717) is 4.47 Å². The van der Waals surface area contributed by atoms with E-state index in [1.54, 1.807) is 0 Å². The number of benzene rings is 1. The molecule has 0 unspecified atom stereocenters. The Kier molecular flexibility index (Phi) is 2.44. The fraction of sp³-hybridized carbons (Fsp3) is 0. The number of hydrogen-bond donors (Lipinski definition) is 2. The first-order valence-electron chi connectivity index (χ1n) is 4.03. The second-order valence-electron chi connectivity index (χ2n) is 2.94. The average molecular weight is 274 g/mol. The molecule has 0 saturated heterocycles. The highest BCUT2D eigenvalue weighted by Crippen LogP contribution is 2.30. The van der Waals surface area contributed by atoms with Crippen molar-refractivity contribution in [2.24, 2.45) is 0 Å². The van der Waals surface area contributed by atoms with E-state index in [4.69, 9.17) is 5.73 Å². The van der Waals surface area contributed by atoms with Gasteiger partial charge in [-0.05, 0) is 12.1 Å². The highest BCUT2D eigenvalue weighted by atomic mass is 79.9. The number of nitrogens with one attached hydrogen (secondary N) is 1. The third-order valence-electron chi connectivity index (χ3n) is 1.93. The Hall–Kier alpha value is -1.43. The van der Waals surface area contributed by atoms with Crippen LogP contribution < -0.4 is 5.73 Å². The lowest BCUT2D eigenvalue weighted by Crippen LogP contribution is -1.94. The van der Waals surface area contributed by atoms with E-state index in [1.807, 2.05) is 0 Å². The molecule has 0 bridgehead atoms. The van der Waals surface area contributed by atoms with E-state index in [0.717, 1.165) is 0 Å². The summed E-state index contributed by atoms with van der Waals surface area (Å²) in [6, 6.07) is 2.33. The van der Waals surface area contributed by atoms with Gasteiger partial charge >= 0.3 is 0 Å². The van der Waals surface area contributed by atoms with Gasteiger partial charge in [-0.3, -0.25) is 5.10 Å². The van der Waals surface area contributed by atoms with Gasteiger partial charge in [0.15, 0.2) is 0 Å². The van der Waals surface area contributed by atoms with Crippen molar-refractivity contribution in [1.82, 2.24) is 10.2 Å². The predicted octanol–water partition coefficient (Wildman–Crippen LogP) is 2.70. The molecule has 1 aromatic heterocycles. The number of nitrogens with two attached hydrogens (primary N) is 1. The summed E-state index contributed by atoms with van der Waals surface area (Å²) in [5, 5.41) is 6.06. The van der Waals surface area contributed by atoms with E-state index < -0.39 is 11.6 Å². The Morgan fingerprint density at radius 2 is 1.87 bits per heavy atom. The van der Waals surface area contributed by atoms with Crippen LogP contribution in [0.3, 0.4) is 0 Å². The van der Waals surface area contributed by atoms with Gasteiger partial charge in [0.25, 0.3) is 0 Å². The summed E-state index contributed by atoms with van der Waals surface area (Å²) in [7, 11) is 0. The molecule has 0 spiro atoms.